The summed E-state index contributed by atoms with van der Waals surface area (Å²) in [7, 11) is 6.59. The Balaban J connectivity index is -0.000000152. The molecule has 2 N–H and O–H groups in total. The zero-order chi connectivity index (χ0) is 12.1. The van der Waals surface area contributed by atoms with Gasteiger partial charge in [-0.2, -0.15) is 0 Å². The predicted octanol–water partition coefficient (Wildman–Crippen LogP) is 1.41. The first kappa shape index (κ1) is 19.7. The number of halogens is 2. The zero-order valence-corrected chi connectivity index (χ0v) is 13.3. The lowest BCUT2D eigenvalue weighted by Crippen LogP contribution is -2.31. The van der Waals surface area contributed by atoms with Gasteiger partial charge in [0.25, 0.3) is 0 Å². The largest absolute Gasteiger partial charge is 0.359 e. The van der Waals surface area contributed by atoms with Gasteiger partial charge in [0.05, 0.1) is 0 Å². The summed E-state index contributed by atoms with van der Waals surface area (Å²) in [5, 5.41) is 4.84. The highest BCUT2D eigenvalue weighted by Crippen LogP contribution is 1.89. The predicted molar refractivity (Wildman–Crippen MR) is 75.9 cm³/mol. The van der Waals surface area contributed by atoms with E-state index in [4.69, 9.17) is 0 Å². The minimum absolute atomic E-state index is 0.00463. The first-order chi connectivity index (χ1) is 6.45. The van der Waals surface area contributed by atoms with E-state index in [2.05, 4.69) is 47.9 Å². The summed E-state index contributed by atoms with van der Waals surface area (Å²) in [6, 6.07) is -0.0694. The molecule has 86 valence electrons. The molecule has 5 nitrogen and oxygen atoms in total. The number of nitrogens with zero attached hydrogens (tertiary/aromatic N) is 1. The number of urea groups is 1. The molecule has 0 bridgehead atoms. The zero-order valence-electron chi connectivity index (χ0n) is 9.02. The summed E-state index contributed by atoms with van der Waals surface area (Å²) >= 11 is 4.24. The number of hydrogen-bond acceptors (Lipinski definition) is 2. The maximum atomic E-state index is 10.3. The van der Waals surface area contributed by atoms with Gasteiger partial charge < -0.3 is 15.5 Å². The molecule has 7 heteroatoms. The van der Waals surface area contributed by atoms with E-state index in [0.717, 1.165) is 0 Å². The Hall–Kier alpha value is 0.200. The van der Waals surface area contributed by atoms with Crippen LogP contribution >= 0.6 is 37.2 Å². The number of nitrogens with one attached hydrogen (secondary N) is 2. The van der Waals surface area contributed by atoms with Crippen LogP contribution in [0.15, 0.2) is 0 Å². The average molecular weight is 429 g/mol. The summed E-state index contributed by atoms with van der Waals surface area (Å²) in [5.41, 5.74) is 0. The minimum atomic E-state index is -0.0694. The van der Waals surface area contributed by atoms with Crippen molar-refractivity contribution in [1.82, 2.24) is 15.5 Å². The maximum Gasteiger partial charge on any atom is 0.316 e. The molecule has 0 saturated heterocycles. The van der Waals surface area contributed by atoms with E-state index < -0.39 is 0 Å². The van der Waals surface area contributed by atoms with Gasteiger partial charge in [0.15, 0.2) is 0 Å². The van der Waals surface area contributed by atoms with Crippen LogP contribution in [0.1, 0.15) is 6.92 Å². The lowest BCUT2D eigenvalue weighted by atomic mass is 10.7. The molecule has 0 aromatic carbocycles. The van der Waals surface area contributed by atoms with Crippen LogP contribution in [0.3, 0.4) is 0 Å². The van der Waals surface area contributed by atoms with Gasteiger partial charge in [0.1, 0.15) is 0 Å². The quantitative estimate of drug-likeness (QED) is 0.573. The second kappa shape index (κ2) is 15.7. The Morgan fingerprint density at radius 1 is 1.07 bits per heavy atom. The molecule has 0 aliphatic carbocycles. The Labute approximate surface area is 109 Å². The third-order valence-electron chi connectivity index (χ3n) is 0.972. The fourth-order valence-corrected chi connectivity index (χ4v) is 0.224. The van der Waals surface area contributed by atoms with Gasteiger partial charge >= 0.3 is 6.03 Å². The van der Waals surface area contributed by atoms with Gasteiger partial charge in [-0.15, -0.1) is 0 Å². The van der Waals surface area contributed by atoms with Crippen molar-refractivity contribution in [3.8, 4) is 0 Å². The highest BCUT2D eigenvalue weighted by atomic mass is 128. The van der Waals surface area contributed by atoms with Crippen molar-refractivity contribution < 1.29 is 9.59 Å². The topological polar surface area (TPSA) is 61.4 Å². The monoisotopic (exact) mass is 429 g/mol. The van der Waals surface area contributed by atoms with Crippen LogP contribution in [0.25, 0.3) is 0 Å². The van der Waals surface area contributed by atoms with Crippen LogP contribution in [-0.2, 0) is 4.79 Å². The molecule has 0 saturated carbocycles. The standard InChI is InChI=1S/C4H10N2O.C3H7NO.I2/c1-5-4(7)6(2)3;1-3(5)4-2;1-2/h1-3H3,(H,5,7);1-2H3,(H,4,5);. The van der Waals surface area contributed by atoms with Crippen LogP contribution < -0.4 is 10.6 Å². The molecule has 0 rings (SSSR count). The molecule has 0 spiro atoms. The number of carbonyl (C=O) groups excluding carboxylic acids is 2. The van der Waals surface area contributed by atoms with Crippen molar-refractivity contribution in [1.29, 1.82) is 0 Å². The Bertz CT molecular complexity index is 154. The van der Waals surface area contributed by atoms with Crippen molar-refractivity contribution in [2.45, 2.75) is 6.92 Å². The molecule has 0 atom stereocenters. The number of carbonyl (C=O) groups is 2. The summed E-state index contributed by atoms with van der Waals surface area (Å²) in [6.45, 7) is 1.47. The van der Waals surface area contributed by atoms with Gasteiger partial charge in [-0.1, -0.05) is 0 Å². The third-order valence-corrected chi connectivity index (χ3v) is 0.972. The van der Waals surface area contributed by atoms with Gasteiger partial charge in [-0.25, -0.2) is 4.79 Å². The van der Waals surface area contributed by atoms with Crippen molar-refractivity contribution in [2.75, 3.05) is 28.2 Å². The smallest absolute Gasteiger partial charge is 0.316 e. The molecular formula is C7H17I2N3O2. The molecule has 0 radical (unpaired) electrons. The second-order valence-corrected chi connectivity index (χ2v) is 2.26. The molecule has 0 aromatic rings. The summed E-state index contributed by atoms with van der Waals surface area (Å²) in [5.74, 6) is 0.00463. The first-order valence-electron chi connectivity index (χ1n) is 3.67. The van der Waals surface area contributed by atoms with Gasteiger partial charge in [0, 0.05) is 72.3 Å². The van der Waals surface area contributed by atoms with Crippen LogP contribution in [0.2, 0.25) is 0 Å². The van der Waals surface area contributed by atoms with Gasteiger partial charge in [-0.05, 0) is 0 Å². The van der Waals surface area contributed by atoms with Crippen molar-refractivity contribution in [3.05, 3.63) is 0 Å². The number of rotatable bonds is 0. The number of hydrogen-bond donors (Lipinski definition) is 2. The van der Waals surface area contributed by atoms with E-state index in [0.29, 0.717) is 0 Å². The van der Waals surface area contributed by atoms with Gasteiger partial charge in [0.2, 0.25) is 5.91 Å². The highest BCUT2D eigenvalue weighted by molar-refractivity contribution is 15.0. The second-order valence-electron chi connectivity index (χ2n) is 2.26. The molecule has 0 aromatic heterocycles. The van der Waals surface area contributed by atoms with E-state index in [1.807, 2.05) is 0 Å². The van der Waals surface area contributed by atoms with E-state index in [1.54, 1.807) is 28.2 Å². The van der Waals surface area contributed by atoms with Crippen LogP contribution in [0.4, 0.5) is 4.79 Å². The van der Waals surface area contributed by atoms with Gasteiger partial charge in [-0.3, -0.25) is 4.79 Å². The molecule has 0 heterocycles. The van der Waals surface area contributed by atoms with E-state index in [-0.39, 0.29) is 11.9 Å². The summed E-state index contributed by atoms with van der Waals surface area (Å²) in [6.07, 6.45) is 0. The number of amides is 3. The Morgan fingerprint density at radius 3 is 1.36 bits per heavy atom. The van der Waals surface area contributed by atoms with Crippen molar-refractivity contribution in [2.24, 2.45) is 0 Å². The minimum Gasteiger partial charge on any atom is -0.359 e. The van der Waals surface area contributed by atoms with E-state index >= 15 is 0 Å². The van der Waals surface area contributed by atoms with Crippen molar-refractivity contribution in [3.63, 3.8) is 0 Å². The SMILES string of the molecule is CNC(=O)N(C)C.CNC(C)=O.II. The Kier molecular flexibility index (Phi) is 22.1. The molecule has 0 aliphatic heterocycles. The van der Waals surface area contributed by atoms with E-state index in [9.17, 15) is 9.59 Å². The average Bonchev–Trinajstić information content (AvgIpc) is 2.20. The molecule has 0 fully saturated rings. The summed E-state index contributed by atoms with van der Waals surface area (Å²) < 4.78 is 0. The molecule has 0 aliphatic rings. The summed E-state index contributed by atoms with van der Waals surface area (Å²) in [4.78, 5) is 21.5. The molecule has 14 heavy (non-hydrogen) atoms. The normalized spacial score (nSPS) is 6.79. The fraction of sp³-hybridized carbons (Fsp3) is 0.714. The van der Waals surface area contributed by atoms with Crippen LogP contribution in [0.5, 0.6) is 0 Å². The molecule has 0 unspecified atom stereocenters. The van der Waals surface area contributed by atoms with Crippen molar-refractivity contribution >= 4 is 49.2 Å². The van der Waals surface area contributed by atoms with Crippen LogP contribution in [-0.4, -0.2) is 45.0 Å². The fourth-order valence-electron chi connectivity index (χ4n) is 0.224. The molecular weight excluding hydrogens is 412 g/mol. The van der Waals surface area contributed by atoms with Crippen LogP contribution in [0, 0.1) is 0 Å². The molecule has 3 amide bonds. The first-order valence-corrected chi connectivity index (χ1v) is 9.95. The van der Waals surface area contributed by atoms with E-state index in [1.165, 1.54) is 11.8 Å². The highest BCUT2D eigenvalue weighted by Gasteiger charge is 1.94. The third kappa shape index (κ3) is 22.8. The Morgan fingerprint density at radius 2 is 1.36 bits per heavy atom. The lowest BCUT2D eigenvalue weighted by Gasteiger charge is -2.06. The lowest BCUT2D eigenvalue weighted by molar-refractivity contribution is -0.118. The maximum absolute atomic E-state index is 10.3.